The van der Waals surface area contributed by atoms with Crippen molar-refractivity contribution in [2.24, 2.45) is 11.8 Å². The number of nitrogens with zero attached hydrogens (tertiary/aromatic N) is 4. The zero-order valence-electron chi connectivity index (χ0n) is 26.1. The molecule has 5 aromatic rings. The van der Waals surface area contributed by atoms with E-state index < -0.39 is 5.97 Å². The van der Waals surface area contributed by atoms with Crippen LogP contribution in [0.3, 0.4) is 0 Å². The molecule has 2 aliphatic rings. The van der Waals surface area contributed by atoms with E-state index in [1.54, 1.807) is 6.07 Å². The predicted octanol–water partition coefficient (Wildman–Crippen LogP) is 7.55. The molecule has 46 heavy (non-hydrogen) atoms. The van der Waals surface area contributed by atoms with Crippen LogP contribution in [-0.4, -0.2) is 57.2 Å². The zero-order valence-corrected chi connectivity index (χ0v) is 26.8. The van der Waals surface area contributed by atoms with E-state index in [4.69, 9.17) is 21.1 Å². The van der Waals surface area contributed by atoms with E-state index in [0.717, 1.165) is 73.9 Å². The van der Waals surface area contributed by atoms with Crippen molar-refractivity contribution < 1.29 is 18.7 Å². The third-order valence-corrected chi connectivity index (χ3v) is 9.21. The molecule has 0 aliphatic carbocycles. The van der Waals surface area contributed by atoms with Gasteiger partial charge in [0, 0.05) is 46.6 Å². The maximum Gasteiger partial charge on any atom is 0.355 e. The van der Waals surface area contributed by atoms with Gasteiger partial charge in [0.15, 0.2) is 0 Å². The smallest absolute Gasteiger partial charge is 0.355 e. The van der Waals surface area contributed by atoms with Crippen LogP contribution in [0.4, 0.5) is 4.39 Å². The average molecular weight is 642 g/mol. The van der Waals surface area contributed by atoms with Gasteiger partial charge in [-0.2, -0.15) is 0 Å². The predicted molar refractivity (Wildman–Crippen MR) is 176 cm³/mol. The second kappa shape index (κ2) is 12.9. The van der Waals surface area contributed by atoms with Crippen molar-refractivity contribution in [3.63, 3.8) is 0 Å². The number of hydrogen-bond donors (Lipinski definition) is 1. The summed E-state index contributed by atoms with van der Waals surface area (Å²) in [5, 5.41) is 10.1. The number of rotatable bonds is 9. The third-order valence-electron chi connectivity index (χ3n) is 8.90. The van der Waals surface area contributed by atoms with Gasteiger partial charge >= 0.3 is 5.97 Å². The van der Waals surface area contributed by atoms with E-state index >= 15 is 0 Å². The van der Waals surface area contributed by atoms with Gasteiger partial charge in [0.1, 0.15) is 23.0 Å². The summed E-state index contributed by atoms with van der Waals surface area (Å²) in [5.41, 5.74) is 6.54. The van der Waals surface area contributed by atoms with Crippen LogP contribution in [-0.2, 0) is 24.2 Å². The summed E-state index contributed by atoms with van der Waals surface area (Å²) in [6, 6.07) is 17.1. The second-order valence-corrected chi connectivity index (χ2v) is 13.2. The van der Waals surface area contributed by atoms with Crippen LogP contribution in [0.25, 0.3) is 33.3 Å². The first-order chi connectivity index (χ1) is 22.3. The second-order valence-electron chi connectivity index (χ2n) is 12.8. The number of halogens is 2. The molecule has 0 spiro atoms. The van der Waals surface area contributed by atoms with E-state index in [0.29, 0.717) is 28.1 Å². The SMILES string of the molecule is CC(C)COC(=O)c1[nH]c2ccc(F)cc2c1-c1cn(CC2CCN(Cc3ccc(-c4ccc5c(c4)CCO5)c(Cl)c3)CC2)nn1. The number of ether oxygens (including phenoxy) is 2. The van der Waals surface area contributed by atoms with Crippen molar-refractivity contribution in [2.75, 3.05) is 26.3 Å². The first-order valence-electron chi connectivity index (χ1n) is 16.0. The summed E-state index contributed by atoms with van der Waals surface area (Å²) < 4.78 is 27.2. The van der Waals surface area contributed by atoms with Crippen LogP contribution in [0.2, 0.25) is 5.02 Å². The molecule has 0 bridgehead atoms. The third kappa shape index (κ3) is 6.39. The Kier molecular flexibility index (Phi) is 8.53. The van der Waals surface area contributed by atoms with Crippen LogP contribution >= 0.6 is 11.6 Å². The summed E-state index contributed by atoms with van der Waals surface area (Å²) in [4.78, 5) is 18.6. The first kappa shape index (κ1) is 30.4. The lowest BCUT2D eigenvalue weighted by Crippen LogP contribution is -2.34. The largest absolute Gasteiger partial charge is 0.493 e. The molecule has 2 aliphatic heterocycles. The van der Waals surface area contributed by atoms with Crippen LogP contribution in [0.15, 0.2) is 60.8 Å². The van der Waals surface area contributed by atoms with Gasteiger partial charge < -0.3 is 14.5 Å². The van der Waals surface area contributed by atoms with Crippen LogP contribution in [0.5, 0.6) is 5.75 Å². The van der Waals surface area contributed by atoms with Crippen molar-refractivity contribution in [1.82, 2.24) is 24.9 Å². The van der Waals surface area contributed by atoms with Crippen molar-refractivity contribution >= 4 is 28.5 Å². The van der Waals surface area contributed by atoms with Crippen LogP contribution in [0, 0.1) is 17.7 Å². The van der Waals surface area contributed by atoms with Crippen molar-refractivity contribution in [3.05, 3.63) is 88.5 Å². The number of carbonyl (C=O) groups excluding carboxylic acids is 1. The maximum absolute atomic E-state index is 14.2. The van der Waals surface area contributed by atoms with Gasteiger partial charge in [-0.1, -0.05) is 48.9 Å². The molecule has 4 heterocycles. The summed E-state index contributed by atoms with van der Waals surface area (Å²) >= 11 is 6.77. The Balaban J connectivity index is 0.987. The molecule has 1 N–H and O–H groups in total. The van der Waals surface area contributed by atoms with E-state index in [1.807, 2.05) is 30.8 Å². The monoisotopic (exact) mass is 641 g/mol. The number of carbonyl (C=O) groups is 1. The molecule has 0 unspecified atom stereocenters. The highest BCUT2D eigenvalue weighted by Gasteiger charge is 2.25. The fourth-order valence-electron chi connectivity index (χ4n) is 6.50. The Morgan fingerprint density at radius 2 is 1.98 bits per heavy atom. The van der Waals surface area contributed by atoms with Gasteiger partial charge in [0.25, 0.3) is 0 Å². The number of H-pyrrole nitrogens is 1. The molecule has 238 valence electrons. The van der Waals surface area contributed by atoms with Gasteiger partial charge in [0.05, 0.1) is 19.4 Å². The van der Waals surface area contributed by atoms with Crippen molar-refractivity contribution in [1.29, 1.82) is 0 Å². The number of esters is 1. The molecular weight excluding hydrogens is 605 g/mol. The highest BCUT2D eigenvalue weighted by molar-refractivity contribution is 6.33. The van der Waals surface area contributed by atoms with Crippen molar-refractivity contribution in [2.45, 2.75) is 46.2 Å². The fraction of sp³-hybridized carbons (Fsp3) is 0.361. The lowest BCUT2D eigenvalue weighted by atomic mass is 9.96. The number of benzene rings is 3. The maximum atomic E-state index is 14.2. The fourth-order valence-corrected chi connectivity index (χ4v) is 6.81. The molecule has 0 atom stereocenters. The molecule has 1 saturated heterocycles. The standard InChI is InChI=1S/C36H37ClFN5O3/c1-22(2)21-46-36(44)35-34(29-17-27(38)5-7-31(29)39-35)32-20-43(41-40-32)19-23-9-12-42(13-10-23)18-24-3-6-28(30(37)15-24)25-4-8-33-26(16-25)11-14-45-33/h3-8,15-17,20,22-23,39H,9-14,18-19,21H2,1-2H3. The van der Waals surface area contributed by atoms with Gasteiger partial charge in [-0.15, -0.1) is 5.10 Å². The molecule has 0 amide bonds. The molecule has 1 fully saturated rings. The van der Waals surface area contributed by atoms with Crippen LogP contribution < -0.4 is 4.74 Å². The number of piperidine rings is 1. The van der Waals surface area contributed by atoms with E-state index in [1.165, 1.54) is 23.3 Å². The summed E-state index contributed by atoms with van der Waals surface area (Å²) in [6.45, 7) is 8.51. The summed E-state index contributed by atoms with van der Waals surface area (Å²) in [6.07, 6.45) is 4.84. The minimum atomic E-state index is -0.489. The lowest BCUT2D eigenvalue weighted by molar-refractivity contribution is 0.0454. The van der Waals surface area contributed by atoms with Crippen LogP contribution in [0.1, 0.15) is 48.3 Å². The highest BCUT2D eigenvalue weighted by atomic mass is 35.5. The molecule has 7 rings (SSSR count). The number of likely N-dealkylation sites (tertiary alicyclic amines) is 1. The number of aromatic amines is 1. The molecule has 0 saturated carbocycles. The minimum absolute atomic E-state index is 0.191. The molecule has 2 aromatic heterocycles. The quantitative estimate of drug-likeness (QED) is 0.167. The summed E-state index contributed by atoms with van der Waals surface area (Å²) in [7, 11) is 0. The Morgan fingerprint density at radius 3 is 2.78 bits per heavy atom. The molecule has 0 radical (unpaired) electrons. The van der Waals surface area contributed by atoms with Crippen molar-refractivity contribution in [3.8, 4) is 28.1 Å². The Labute approximate surface area is 272 Å². The highest BCUT2D eigenvalue weighted by Crippen LogP contribution is 2.35. The topological polar surface area (TPSA) is 85.3 Å². The molecular formula is C36H37ClFN5O3. The molecule has 10 heteroatoms. The van der Waals surface area contributed by atoms with Gasteiger partial charge in [-0.05, 0) is 90.9 Å². The number of aromatic nitrogens is 4. The molecule has 8 nitrogen and oxygen atoms in total. The van der Waals surface area contributed by atoms with Gasteiger partial charge in [-0.3, -0.25) is 9.58 Å². The van der Waals surface area contributed by atoms with E-state index in [-0.39, 0.29) is 24.0 Å². The Morgan fingerprint density at radius 1 is 1.13 bits per heavy atom. The normalized spacial score (nSPS) is 15.4. The number of nitrogens with one attached hydrogen (secondary N) is 1. The van der Waals surface area contributed by atoms with Gasteiger partial charge in [-0.25, -0.2) is 9.18 Å². The van der Waals surface area contributed by atoms with E-state index in [2.05, 4.69) is 50.5 Å². The van der Waals surface area contributed by atoms with Gasteiger partial charge in [0.2, 0.25) is 0 Å². The number of fused-ring (bicyclic) bond motifs is 2. The van der Waals surface area contributed by atoms with E-state index in [9.17, 15) is 9.18 Å². The number of hydrogen-bond acceptors (Lipinski definition) is 6. The summed E-state index contributed by atoms with van der Waals surface area (Å²) in [5.74, 6) is 0.731. The molecule has 3 aromatic carbocycles. The zero-order chi connectivity index (χ0) is 31.8. The first-order valence-corrected chi connectivity index (χ1v) is 16.3. The average Bonchev–Trinajstić information content (AvgIpc) is 3.79. The minimum Gasteiger partial charge on any atom is -0.493 e. The Bertz CT molecular complexity index is 1890. The Hall–Kier alpha value is -4.21. The lowest BCUT2D eigenvalue weighted by Gasteiger charge is -2.32.